The normalized spacial score (nSPS) is 17.6. The number of rotatable bonds is 6. The van der Waals surface area contributed by atoms with Crippen LogP contribution < -0.4 is 9.64 Å². The van der Waals surface area contributed by atoms with E-state index in [1.165, 1.54) is 16.4 Å². The van der Waals surface area contributed by atoms with Crippen LogP contribution in [0.2, 0.25) is 0 Å². The minimum atomic E-state index is -3.58. The summed E-state index contributed by atoms with van der Waals surface area (Å²) < 4.78 is 39.1. The van der Waals surface area contributed by atoms with Gasteiger partial charge in [-0.05, 0) is 43.3 Å². The second-order valence-electron chi connectivity index (χ2n) is 8.35. The van der Waals surface area contributed by atoms with Gasteiger partial charge in [0.25, 0.3) is 5.91 Å². The van der Waals surface area contributed by atoms with Crippen molar-refractivity contribution in [2.75, 3.05) is 64.0 Å². The zero-order valence-electron chi connectivity index (χ0n) is 19.6. The Balaban J connectivity index is 1.23. The number of amides is 1. The van der Waals surface area contributed by atoms with Gasteiger partial charge in [0.1, 0.15) is 11.3 Å². The Morgan fingerprint density at radius 1 is 1.03 bits per heavy atom. The molecule has 0 unspecified atom stereocenters. The molecule has 2 aromatic carbocycles. The number of carbonyl (C=O) groups is 1. The summed E-state index contributed by atoms with van der Waals surface area (Å²) in [6.07, 6.45) is 0. The molecular weight excluding hydrogens is 488 g/mol. The molecule has 2 saturated heterocycles. The summed E-state index contributed by atoms with van der Waals surface area (Å²) in [5, 5.41) is 0.928. The van der Waals surface area contributed by atoms with Gasteiger partial charge in [0.2, 0.25) is 10.0 Å². The van der Waals surface area contributed by atoms with E-state index in [0.29, 0.717) is 64.7 Å². The molecule has 0 N–H and O–H groups in total. The summed E-state index contributed by atoms with van der Waals surface area (Å²) in [5.41, 5.74) is 1.36. The van der Waals surface area contributed by atoms with Crippen molar-refractivity contribution in [2.24, 2.45) is 0 Å². The SMILES string of the molecule is CCOc1cccc2sc(N3CCN(C(=O)c4ccc(S(=O)(=O)N5CCOCC5)cc4)CC3)nc12. The smallest absolute Gasteiger partial charge is 0.253 e. The maximum Gasteiger partial charge on any atom is 0.253 e. The summed E-state index contributed by atoms with van der Waals surface area (Å²) in [4.78, 5) is 22.1. The molecule has 2 aliphatic rings. The molecule has 0 atom stereocenters. The van der Waals surface area contributed by atoms with Gasteiger partial charge in [-0.3, -0.25) is 4.79 Å². The first-order valence-electron chi connectivity index (χ1n) is 11.7. The molecule has 0 aliphatic carbocycles. The number of ether oxygens (including phenoxy) is 2. The molecule has 186 valence electrons. The van der Waals surface area contributed by atoms with Crippen LogP contribution >= 0.6 is 11.3 Å². The maximum atomic E-state index is 13.1. The fraction of sp³-hybridized carbons (Fsp3) is 0.417. The highest BCUT2D eigenvalue weighted by Crippen LogP contribution is 2.34. The number of morpholine rings is 1. The Morgan fingerprint density at radius 3 is 2.43 bits per heavy atom. The minimum absolute atomic E-state index is 0.0945. The number of thiazole rings is 1. The number of hydrogen-bond acceptors (Lipinski definition) is 8. The van der Waals surface area contributed by atoms with Crippen LogP contribution in [0.1, 0.15) is 17.3 Å². The van der Waals surface area contributed by atoms with Gasteiger partial charge in [-0.2, -0.15) is 4.31 Å². The molecule has 1 aromatic heterocycles. The highest BCUT2D eigenvalue weighted by molar-refractivity contribution is 7.89. The molecule has 0 spiro atoms. The maximum absolute atomic E-state index is 13.1. The van der Waals surface area contributed by atoms with Gasteiger partial charge >= 0.3 is 0 Å². The zero-order valence-corrected chi connectivity index (χ0v) is 21.2. The molecule has 5 rings (SSSR count). The van der Waals surface area contributed by atoms with E-state index in [1.807, 2.05) is 25.1 Å². The van der Waals surface area contributed by atoms with Gasteiger partial charge in [-0.15, -0.1) is 0 Å². The highest BCUT2D eigenvalue weighted by atomic mass is 32.2. The monoisotopic (exact) mass is 516 g/mol. The number of piperazine rings is 1. The van der Waals surface area contributed by atoms with Crippen LogP contribution in [0.25, 0.3) is 10.2 Å². The molecule has 1 amide bonds. The number of hydrogen-bond donors (Lipinski definition) is 0. The summed E-state index contributed by atoms with van der Waals surface area (Å²) in [5.74, 6) is 0.697. The summed E-state index contributed by atoms with van der Waals surface area (Å²) in [7, 11) is -3.58. The number of para-hydroxylation sites is 1. The van der Waals surface area contributed by atoms with Crippen LogP contribution in [-0.2, 0) is 14.8 Å². The third kappa shape index (κ3) is 4.86. The molecule has 3 aromatic rings. The van der Waals surface area contributed by atoms with Crippen LogP contribution in [0.3, 0.4) is 0 Å². The quantitative estimate of drug-likeness (QED) is 0.497. The van der Waals surface area contributed by atoms with Crippen LogP contribution in [0, 0.1) is 0 Å². The van der Waals surface area contributed by atoms with E-state index in [1.54, 1.807) is 28.4 Å². The lowest BCUT2D eigenvalue weighted by molar-refractivity contribution is 0.0730. The van der Waals surface area contributed by atoms with Crippen molar-refractivity contribution in [3.8, 4) is 5.75 Å². The Hall–Kier alpha value is -2.73. The molecule has 11 heteroatoms. The van der Waals surface area contributed by atoms with Crippen LogP contribution in [0.15, 0.2) is 47.4 Å². The lowest BCUT2D eigenvalue weighted by Crippen LogP contribution is -2.48. The predicted octanol–water partition coefficient (Wildman–Crippen LogP) is 2.68. The van der Waals surface area contributed by atoms with Crippen molar-refractivity contribution in [1.82, 2.24) is 14.2 Å². The number of aromatic nitrogens is 1. The molecule has 2 fully saturated rings. The van der Waals surface area contributed by atoms with E-state index in [2.05, 4.69) is 4.90 Å². The summed E-state index contributed by atoms with van der Waals surface area (Å²) in [6, 6.07) is 12.2. The van der Waals surface area contributed by atoms with Gasteiger partial charge in [0.15, 0.2) is 5.13 Å². The van der Waals surface area contributed by atoms with Gasteiger partial charge in [0, 0.05) is 44.8 Å². The van der Waals surface area contributed by atoms with Crippen molar-refractivity contribution < 1.29 is 22.7 Å². The molecule has 9 nitrogen and oxygen atoms in total. The Labute approximate surface area is 208 Å². The summed E-state index contributed by atoms with van der Waals surface area (Å²) in [6.45, 7) is 6.52. The standard InChI is InChI=1S/C24H28N4O5S2/c1-2-33-20-4-3-5-21-22(20)25-24(34-21)27-12-10-26(11-13-27)23(29)18-6-8-19(9-7-18)35(30,31)28-14-16-32-17-15-28/h3-9H,2,10-17H2,1H3. The zero-order chi connectivity index (χ0) is 24.4. The Kier molecular flexibility index (Phi) is 6.92. The first-order chi connectivity index (χ1) is 17.0. The predicted molar refractivity (Wildman–Crippen MR) is 135 cm³/mol. The first kappa shape index (κ1) is 24.0. The van der Waals surface area contributed by atoms with E-state index in [-0.39, 0.29) is 10.8 Å². The largest absolute Gasteiger partial charge is 0.492 e. The lowest BCUT2D eigenvalue weighted by Gasteiger charge is -2.34. The number of sulfonamides is 1. The second kappa shape index (κ2) is 10.1. The van der Waals surface area contributed by atoms with Gasteiger partial charge < -0.3 is 19.3 Å². The van der Waals surface area contributed by atoms with Crippen LogP contribution in [0.4, 0.5) is 5.13 Å². The van der Waals surface area contributed by atoms with Crippen LogP contribution in [0.5, 0.6) is 5.75 Å². The molecule has 35 heavy (non-hydrogen) atoms. The van der Waals surface area contributed by atoms with Crippen molar-refractivity contribution >= 4 is 42.6 Å². The van der Waals surface area contributed by atoms with Crippen molar-refractivity contribution in [3.63, 3.8) is 0 Å². The van der Waals surface area contributed by atoms with E-state index in [4.69, 9.17) is 14.5 Å². The van der Waals surface area contributed by atoms with Crippen molar-refractivity contribution in [3.05, 3.63) is 48.0 Å². The third-order valence-electron chi connectivity index (χ3n) is 6.22. The number of nitrogens with zero attached hydrogens (tertiary/aromatic N) is 4. The average molecular weight is 517 g/mol. The van der Waals surface area contributed by atoms with E-state index in [0.717, 1.165) is 21.1 Å². The number of benzene rings is 2. The van der Waals surface area contributed by atoms with E-state index >= 15 is 0 Å². The topological polar surface area (TPSA) is 92.3 Å². The lowest BCUT2D eigenvalue weighted by atomic mass is 10.2. The fourth-order valence-corrected chi connectivity index (χ4v) is 6.75. The second-order valence-corrected chi connectivity index (χ2v) is 11.3. The number of carbonyl (C=O) groups excluding carboxylic acids is 1. The number of anilines is 1. The van der Waals surface area contributed by atoms with Crippen LogP contribution in [-0.4, -0.2) is 87.6 Å². The molecule has 0 radical (unpaired) electrons. The highest BCUT2D eigenvalue weighted by Gasteiger charge is 2.28. The molecular formula is C24H28N4O5S2. The summed E-state index contributed by atoms with van der Waals surface area (Å²) >= 11 is 1.63. The molecule has 2 aliphatic heterocycles. The molecule has 0 bridgehead atoms. The Bertz CT molecular complexity index is 1300. The Morgan fingerprint density at radius 2 is 1.74 bits per heavy atom. The molecule has 0 saturated carbocycles. The minimum Gasteiger partial charge on any atom is -0.492 e. The average Bonchev–Trinajstić information content (AvgIpc) is 3.35. The fourth-order valence-electron chi connectivity index (χ4n) is 4.31. The van der Waals surface area contributed by atoms with Gasteiger partial charge in [-0.25, -0.2) is 13.4 Å². The molecule has 3 heterocycles. The third-order valence-corrected chi connectivity index (χ3v) is 9.21. The van der Waals surface area contributed by atoms with Gasteiger partial charge in [0.05, 0.1) is 29.4 Å². The van der Waals surface area contributed by atoms with Crippen molar-refractivity contribution in [1.29, 1.82) is 0 Å². The van der Waals surface area contributed by atoms with Gasteiger partial charge in [-0.1, -0.05) is 17.4 Å². The van der Waals surface area contributed by atoms with Crippen molar-refractivity contribution in [2.45, 2.75) is 11.8 Å². The first-order valence-corrected chi connectivity index (χ1v) is 14.0. The van der Waals surface area contributed by atoms with E-state index in [9.17, 15) is 13.2 Å². The van der Waals surface area contributed by atoms with E-state index < -0.39 is 10.0 Å². The number of fused-ring (bicyclic) bond motifs is 1.